The molecule has 0 aromatic heterocycles. The van der Waals surface area contributed by atoms with Crippen LogP contribution in [-0.4, -0.2) is 7.05 Å². The topological polar surface area (TPSA) is 29.3 Å². The van der Waals surface area contributed by atoms with Crippen LogP contribution in [0.25, 0.3) is 0 Å². The summed E-state index contributed by atoms with van der Waals surface area (Å²) in [5.41, 5.74) is 10.0. The van der Waals surface area contributed by atoms with Gasteiger partial charge in [0, 0.05) is 25.0 Å². The minimum atomic E-state index is -0.227. The lowest BCUT2D eigenvalue weighted by molar-refractivity contribution is 0.628. The Labute approximate surface area is 107 Å². The molecular weight excluding hydrogens is 227 g/mol. The van der Waals surface area contributed by atoms with Gasteiger partial charge in [0.1, 0.15) is 5.82 Å². The summed E-state index contributed by atoms with van der Waals surface area (Å²) < 4.78 is 12.9. The van der Waals surface area contributed by atoms with E-state index in [9.17, 15) is 4.39 Å². The van der Waals surface area contributed by atoms with E-state index in [1.165, 1.54) is 17.7 Å². The molecule has 0 spiro atoms. The van der Waals surface area contributed by atoms with Crippen LogP contribution in [0.4, 0.5) is 15.8 Å². The smallest absolute Gasteiger partial charge is 0.123 e. The van der Waals surface area contributed by atoms with Gasteiger partial charge in [-0.05, 0) is 42.8 Å². The van der Waals surface area contributed by atoms with Crippen LogP contribution < -0.4 is 10.6 Å². The SMILES string of the molecule is Cc1ccc(N(C)c2ccc(F)cc2)c(CN)c1. The zero-order valence-electron chi connectivity index (χ0n) is 10.7. The molecule has 2 aromatic rings. The third-order valence-electron chi connectivity index (χ3n) is 3.03. The zero-order chi connectivity index (χ0) is 13.1. The van der Waals surface area contributed by atoms with Gasteiger partial charge in [-0.2, -0.15) is 0 Å². The number of benzene rings is 2. The van der Waals surface area contributed by atoms with E-state index >= 15 is 0 Å². The summed E-state index contributed by atoms with van der Waals surface area (Å²) in [7, 11) is 1.96. The monoisotopic (exact) mass is 244 g/mol. The lowest BCUT2D eigenvalue weighted by Crippen LogP contribution is -2.13. The molecule has 0 saturated carbocycles. The Bertz CT molecular complexity index is 535. The van der Waals surface area contributed by atoms with Crippen molar-refractivity contribution in [3.05, 3.63) is 59.4 Å². The Morgan fingerprint density at radius 1 is 1.11 bits per heavy atom. The van der Waals surface area contributed by atoms with Gasteiger partial charge < -0.3 is 10.6 Å². The molecule has 18 heavy (non-hydrogen) atoms. The van der Waals surface area contributed by atoms with Crippen molar-refractivity contribution in [3.63, 3.8) is 0 Å². The summed E-state index contributed by atoms with van der Waals surface area (Å²) in [5, 5.41) is 0. The normalized spacial score (nSPS) is 10.4. The second-order valence-electron chi connectivity index (χ2n) is 4.37. The number of rotatable bonds is 3. The maximum Gasteiger partial charge on any atom is 0.123 e. The highest BCUT2D eigenvalue weighted by molar-refractivity contribution is 5.66. The fourth-order valence-electron chi connectivity index (χ4n) is 2.01. The highest BCUT2D eigenvalue weighted by atomic mass is 19.1. The Kier molecular flexibility index (Phi) is 3.63. The van der Waals surface area contributed by atoms with E-state index in [0.717, 1.165) is 16.9 Å². The van der Waals surface area contributed by atoms with E-state index in [1.807, 2.05) is 24.9 Å². The molecule has 0 radical (unpaired) electrons. The molecule has 0 saturated heterocycles. The van der Waals surface area contributed by atoms with Crippen LogP contribution in [0.3, 0.4) is 0 Å². The van der Waals surface area contributed by atoms with E-state index in [1.54, 1.807) is 12.1 Å². The average molecular weight is 244 g/mol. The predicted octanol–water partition coefficient (Wildman–Crippen LogP) is 3.36. The Morgan fingerprint density at radius 3 is 2.39 bits per heavy atom. The molecule has 2 N–H and O–H groups in total. The first-order chi connectivity index (χ1) is 8.61. The summed E-state index contributed by atoms with van der Waals surface area (Å²) >= 11 is 0. The van der Waals surface area contributed by atoms with Gasteiger partial charge in [0.05, 0.1) is 0 Å². The lowest BCUT2D eigenvalue weighted by Gasteiger charge is -2.22. The molecule has 2 rings (SSSR count). The van der Waals surface area contributed by atoms with Crippen LogP contribution >= 0.6 is 0 Å². The maximum absolute atomic E-state index is 12.9. The van der Waals surface area contributed by atoms with Crippen molar-refractivity contribution >= 4 is 11.4 Å². The van der Waals surface area contributed by atoms with Crippen LogP contribution in [0.15, 0.2) is 42.5 Å². The summed E-state index contributed by atoms with van der Waals surface area (Å²) in [6.45, 7) is 2.53. The number of hydrogen-bond donors (Lipinski definition) is 1. The Hall–Kier alpha value is -1.87. The molecule has 0 heterocycles. The fourth-order valence-corrected chi connectivity index (χ4v) is 2.01. The van der Waals surface area contributed by atoms with Crippen LogP contribution in [0, 0.1) is 12.7 Å². The van der Waals surface area contributed by atoms with Gasteiger partial charge in [0.25, 0.3) is 0 Å². The van der Waals surface area contributed by atoms with E-state index in [2.05, 4.69) is 12.1 Å². The van der Waals surface area contributed by atoms with Crippen molar-refractivity contribution in [2.45, 2.75) is 13.5 Å². The van der Waals surface area contributed by atoms with Crippen LogP contribution in [-0.2, 0) is 6.54 Å². The average Bonchev–Trinajstić information content (AvgIpc) is 2.38. The molecule has 2 nitrogen and oxygen atoms in total. The second-order valence-corrected chi connectivity index (χ2v) is 4.37. The molecule has 0 atom stereocenters. The first-order valence-corrected chi connectivity index (χ1v) is 5.90. The van der Waals surface area contributed by atoms with Crippen molar-refractivity contribution in [1.29, 1.82) is 0 Å². The van der Waals surface area contributed by atoms with Crippen LogP contribution in [0.1, 0.15) is 11.1 Å². The van der Waals surface area contributed by atoms with E-state index in [0.29, 0.717) is 6.54 Å². The zero-order valence-corrected chi connectivity index (χ0v) is 10.7. The Balaban J connectivity index is 2.39. The van der Waals surface area contributed by atoms with Crippen molar-refractivity contribution in [2.75, 3.05) is 11.9 Å². The van der Waals surface area contributed by atoms with Gasteiger partial charge in [-0.1, -0.05) is 17.7 Å². The lowest BCUT2D eigenvalue weighted by atomic mass is 10.1. The summed E-state index contributed by atoms with van der Waals surface area (Å²) in [4.78, 5) is 2.01. The first-order valence-electron chi connectivity index (χ1n) is 5.90. The largest absolute Gasteiger partial charge is 0.344 e. The minimum absolute atomic E-state index is 0.227. The molecule has 0 amide bonds. The van der Waals surface area contributed by atoms with E-state index < -0.39 is 0 Å². The number of hydrogen-bond acceptors (Lipinski definition) is 2. The van der Waals surface area contributed by atoms with Gasteiger partial charge in [0.2, 0.25) is 0 Å². The van der Waals surface area contributed by atoms with Crippen LogP contribution in [0.2, 0.25) is 0 Å². The number of anilines is 2. The van der Waals surface area contributed by atoms with Crippen molar-refractivity contribution < 1.29 is 4.39 Å². The van der Waals surface area contributed by atoms with Gasteiger partial charge in [-0.15, -0.1) is 0 Å². The van der Waals surface area contributed by atoms with E-state index in [4.69, 9.17) is 5.73 Å². The molecule has 0 fully saturated rings. The highest BCUT2D eigenvalue weighted by Crippen LogP contribution is 2.27. The van der Waals surface area contributed by atoms with Gasteiger partial charge in [0.15, 0.2) is 0 Å². The maximum atomic E-state index is 12.9. The fraction of sp³-hybridized carbons (Fsp3) is 0.200. The number of aryl methyl sites for hydroxylation is 1. The first kappa shape index (κ1) is 12.6. The molecule has 0 unspecified atom stereocenters. The van der Waals surface area contributed by atoms with Gasteiger partial charge in [-0.3, -0.25) is 0 Å². The summed E-state index contributed by atoms with van der Waals surface area (Å²) in [6.07, 6.45) is 0. The molecule has 0 aliphatic rings. The summed E-state index contributed by atoms with van der Waals surface area (Å²) in [5.74, 6) is -0.227. The standard InChI is InChI=1S/C15H17FN2/c1-11-3-8-15(12(9-11)10-17)18(2)14-6-4-13(16)5-7-14/h3-9H,10,17H2,1-2H3. The van der Waals surface area contributed by atoms with E-state index in [-0.39, 0.29) is 5.82 Å². The molecule has 94 valence electrons. The molecule has 0 aliphatic heterocycles. The third-order valence-corrected chi connectivity index (χ3v) is 3.03. The van der Waals surface area contributed by atoms with Crippen LogP contribution in [0.5, 0.6) is 0 Å². The minimum Gasteiger partial charge on any atom is -0.344 e. The molecule has 0 bridgehead atoms. The summed E-state index contributed by atoms with van der Waals surface area (Å²) in [6, 6.07) is 12.6. The van der Waals surface area contributed by atoms with Gasteiger partial charge in [-0.25, -0.2) is 4.39 Å². The van der Waals surface area contributed by atoms with Crippen molar-refractivity contribution in [1.82, 2.24) is 0 Å². The molecular formula is C15H17FN2. The number of halogens is 1. The second kappa shape index (κ2) is 5.19. The molecule has 0 aliphatic carbocycles. The van der Waals surface area contributed by atoms with Gasteiger partial charge >= 0.3 is 0 Å². The number of nitrogens with zero attached hydrogens (tertiary/aromatic N) is 1. The highest BCUT2D eigenvalue weighted by Gasteiger charge is 2.08. The molecule has 2 aromatic carbocycles. The van der Waals surface area contributed by atoms with Crippen molar-refractivity contribution in [2.24, 2.45) is 5.73 Å². The quantitative estimate of drug-likeness (QED) is 0.897. The Morgan fingerprint density at radius 2 is 1.78 bits per heavy atom. The number of nitrogens with two attached hydrogens (primary N) is 1. The van der Waals surface area contributed by atoms with Crippen molar-refractivity contribution in [3.8, 4) is 0 Å². The third kappa shape index (κ3) is 2.51. The predicted molar refractivity (Wildman–Crippen MR) is 73.5 cm³/mol. The molecule has 3 heteroatoms.